The maximum absolute atomic E-state index is 5.18. The van der Waals surface area contributed by atoms with Gasteiger partial charge in [0, 0.05) is 23.1 Å². The van der Waals surface area contributed by atoms with Crippen LogP contribution in [0.2, 0.25) is 0 Å². The molecule has 0 saturated carbocycles. The summed E-state index contributed by atoms with van der Waals surface area (Å²) in [4.78, 5) is 8.92. The van der Waals surface area contributed by atoms with E-state index in [4.69, 9.17) is 4.98 Å². The second-order valence-corrected chi connectivity index (χ2v) is 15.0. The molecule has 2 heterocycles. The number of pyridine rings is 1. The Kier molecular flexibility index (Phi) is 8.55. The minimum Gasteiger partial charge on any atom is -0.353 e. The highest BCUT2D eigenvalue weighted by Gasteiger charge is 2.21. The van der Waals surface area contributed by atoms with Crippen molar-refractivity contribution in [3.05, 3.63) is 182 Å². The first-order chi connectivity index (χ1) is 21.8. The fourth-order valence-electron chi connectivity index (χ4n) is 5.61. The lowest BCUT2D eigenvalue weighted by molar-refractivity contribution is 1.16. The monoisotopic (exact) mass is 602 g/mol. The summed E-state index contributed by atoms with van der Waals surface area (Å²) < 4.78 is 0. The first-order valence-corrected chi connectivity index (χ1v) is 17.7. The van der Waals surface area contributed by atoms with E-state index in [0.29, 0.717) is 0 Å². The molecule has 0 bridgehead atoms. The molecule has 7 aromatic rings. The van der Waals surface area contributed by atoms with E-state index >= 15 is 0 Å². The van der Waals surface area contributed by atoms with Crippen LogP contribution in [-0.4, -0.2) is 9.97 Å². The fraction of sp³-hybridized carbons (Fsp3) is 0.0250. The third-order valence-electron chi connectivity index (χ3n) is 7.69. The molecule has 1 N–H and O–H groups in total. The molecular formula is C40H32N2P2. The number of H-pyrrole nitrogens is 1. The van der Waals surface area contributed by atoms with Crippen molar-refractivity contribution >= 4 is 42.4 Å². The highest BCUT2D eigenvalue weighted by atomic mass is 31.1. The SMILES string of the molecule is c1ccc(P(Cc2cccc(-c3ccc(-c4ccccc4P(c4ccccc4)c4ccccc4)[nH]3)n2)c2ccccc2)cc1. The minimum absolute atomic E-state index is 0.566. The number of hydrogen-bond acceptors (Lipinski definition) is 1. The lowest BCUT2D eigenvalue weighted by atomic mass is 10.1. The third kappa shape index (κ3) is 6.20. The number of hydrogen-bond donors (Lipinski definition) is 1. The number of benzene rings is 5. The molecule has 2 aromatic heterocycles. The average molecular weight is 603 g/mol. The van der Waals surface area contributed by atoms with Crippen LogP contribution < -0.4 is 26.5 Å². The number of nitrogens with one attached hydrogen (secondary N) is 1. The van der Waals surface area contributed by atoms with E-state index in [1.807, 2.05) is 0 Å². The fourth-order valence-corrected chi connectivity index (χ4v) is 10.3. The second kappa shape index (κ2) is 13.4. The van der Waals surface area contributed by atoms with Crippen LogP contribution in [0.25, 0.3) is 22.6 Å². The molecule has 44 heavy (non-hydrogen) atoms. The van der Waals surface area contributed by atoms with Gasteiger partial charge in [0.05, 0.1) is 11.4 Å². The van der Waals surface area contributed by atoms with Gasteiger partial charge in [-0.2, -0.15) is 0 Å². The Morgan fingerprint density at radius 1 is 0.432 bits per heavy atom. The van der Waals surface area contributed by atoms with Gasteiger partial charge in [0.15, 0.2) is 0 Å². The van der Waals surface area contributed by atoms with Gasteiger partial charge in [-0.05, 0) is 66.6 Å². The summed E-state index contributed by atoms with van der Waals surface area (Å²) in [5, 5.41) is 6.76. The van der Waals surface area contributed by atoms with Crippen LogP contribution in [-0.2, 0) is 6.16 Å². The van der Waals surface area contributed by atoms with Gasteiger partial charge in [0.2, 0.25) is 0 Å². The van der Waals surface area contributed by atoms with Crippen molar-refractivity contribution < 1.29 is 0 Å². The molecule has 0 aliphatic carbocycles. The van der Waals surface area contributed by atoms with Gasteiger partial charge in [0.25, 0.3) is 0 Å². The van der Waals surface area contributed by atoms with Crippen LogP contribution in [0.4, 0.5) is 0 Å². The van der Waals surface area contributed by atoms with Gasteiger partial charge in [-0.3, -0.25) is 4.98 Å². The first kappa shape index (κ1) is 28.2. The van der Waals surface area contributed by atoms with E-state index in [9.17, 15) is 0 Å². The van der Waals surface area contributed by atoms with Crippen LogP contribution in [0, 0.1) is 0 Å². The zero-order chi connectivity index (χ0) is 29.6. The van der Waals surface area contributed by atoms with Crippen molar-refractivity contribution in [3.8, 4) is 22.6 Å². The van der Waals surface area contributed by atoms with E-state index in [1.54, 1.807) is 0 Å². The van der Waals surface area contributed by atoms with Gasteiger partial charge >= 0.3 is 0 Å². The smallest absolute Gasteiger partial charge is 0.0867 e. The minimum atomic E-state index is -0.728. The van der Waals surface area contributed by atoms with Crippen molar-refractivity contribution in [1.82, 2.24) is 9.97 Å². The summed E-state index contributed by atoms with van der Waals surface area (Å²) in [6, 6.07) is 63.1. The molecule has 212 valence electrons. The largest absolute Gasteiger partial charge is 0.353 e. The lowest BCUT2D eigenvalue weighted by Crippen LogP contribution is -2.22. The zero-order valence-electron chi connectivity index (χ0n) is 24.3. The van der Waals surface area contributed by atoms with Gasteiger partial charge in [-0.1, -0.05) is 152 Å². The Morgan fingerprint density at radius 3 is 1.52 bits per heavy atom. The molecule has 0 amide bonds. The Bertz CT molecular complexity index is 1860. The molecule has 0 aliphatic rings. The van der Waals surface area contributed by atoms with Gasteiger partial charge < -0.3 is 4.98 Å². The standard InChI is InChI=1S/C40H32N2P2/c1-5-17-32(18-6-1)43(33-19-7-2-8-20-33)30-31-16-15-26-38(41-31)39-29-28-37(42-39)36-25-13-14-27-40(36)44(34-21-9-3-10-22-34)35-23-11-4-12-24-35/h1-29,42H,30H2. The predicted molar refractivity (Wildman–Crippen MR) is 191 cm³/mol. The Hall–Kier alpha value is -4.61. The van der Waals surface area contributed by atoms with Crippen molar-refractivity contribution in [3.63, 3.8) is 0 Å². The Labute approximate surface area is 262 Å². The van der Waals surface area contributed by atoms with E-state index in [1.165, 1.54) is 32.1 Å². The number of rotatable bonds is 9. The first-order valence-electron chi connectivity index (χ1n) is 14.9. The predicted octanol–water partition coefficient (Wildman–Crippen LogP) is 8.13. The van der Waals surface area contributed by atoms with Crippen molar-refractivity contribution in [2.45, 2.75) is 6.16 Å². The zero-order valence-corrected chi connectivity index (χ0v) is 26.1. The van der Waals surface area contributed by atoms with Crippen molar-refractivity contribution in [2.24, 2.45) is 0 Å². The van der Waals surface area contributed by atoms with E-state index in [2.05, 4.69) is 181 Å². The van der Waals surface area contributed by atoms with Crippen LogP contribution >= 0.6 is 15.8 Å². The topological polar surface area (TPSA) is 28.7 Å². The quantitative estimate of drug-likeness (QED) is 0.166. The maximum Gasteiger partial charge on any atom is 0.0867 e. The van der Waals surface area contributed by atoms with Crippen molar-refractivity contribution in [1.29, 1.82) is 0 Å². The Morgan fingerprint density at radius 2 is 0.932 bits per heavy atom. The van der Waals surface area contributed by atoms with Gasteiger partial charge in [0.1, 0.15) is 0 Å². The van der Waals surface area contributed by atoms with Crippen LogP contribution in [0.15, 0.2) is 176 Å². The van der Waals surface area contributed by atoms with Crippen LogP contribution in [0.5, 0.6) is 0 Å². The van der Waals surface area contributed by atoms with E-state index in [0.717, 1.165) is 28.9 Å². The van der Waals surface area contributed by atoms with Gasteiger partial charge in [-0.25, -0.2) is 0 Å². The number of nitrogens with zero attached hydrogens (tertiary/aromatic N) is 1. The molecular weight excluding hydrogens is 570 g/mol. The molecule has 5 aromatic carbocycles. The average Bonchev–Trinajstić information content (AvgIpc) is 3.60. The summed E-state index contributed by atoms with van der Waals surface area (Å²) in [6.45, 7) is 0. The number of aromatic nitrogens is 2. The van der Waals surface area contributed by atoms with E-state index in [-0.39, 0.29) is 0 Å². The normalized spacial score (nSPS) is 11.2. The molecule has 0 spiro atoms. The molecule has 0 saturated heterocycles. The summed E-state index contributed by atoms with van der Waals surface area (Å²) in [5.74, 6) is 0. The summed E-state index contributed by atoms with van der Waals surface area (Å²) in [6.07, 6.45) is 0.895. The molecule has 0 radical (unpaired) electrons. The highest BCUT2D eigenvalue weighted by molar-refractivity contribution is 7.80. The highest BCUT2D eigenvalue weighted by Crippen LogP contribution is 2.39. The summed E-state index contributed by atoms with van der Waals surface area (Å²) >= 11 is 0. The molecule has 7 rings (SSSR count). The molecule has 0 aliphatic heterocycles. The third-order valence-corrected chi connectivity index (χ3v) is 12.7. The van der Waals surface area contributed by atoms with Gasteiger partial charge in [-0.15, -0.1) is 0 Å². The molecule has 0 atom stereocenters. The molecule has 0 fully saturated rings. The summed E-state index contributed by atoms with van der Waals surface area (Å²) in [7, 11) is -1.29. The van der Waals surface area contributed by atoms with E-state index < -0.39 is 15.8 Å². The number of aromatic amines is 1. The molecule has 2 nitrogen and oxygen atoms in total. The van der Waals surface area contributed by atoms with Crippen LogP contribution in [0.1, 0.15) is 5.69 Å². The maximum atomic E-state index is 5.18. The molecule has 4 heteroatoms. The summed E-state index contributed by atoms with van der Waals surface area (Å²) in [5.41, 5.74) is 5.44. The van der Waals surface area contributed by atoms with Crippen LogP contribution in [0.3, 0.4) is 0 Å². The second-order valence-electron chi connectivity index (χ2n) is 10.6. The lowest BCUT2D eigenvalue weighted by Gasteiger charge is -2.22. The Balaban J connectivity index is 1.22. The molecule has 0 unspecified atom stereocenters. The van der Waals surface area contributed by atoms with Crippen molar-refractivity contribution in [2.75, 3.05) is 0 Å².